The maximum atomic E-state index is 5.19. The van der Waals surface area contributed by atoms with Crippen molar-refractivity contribution in [2.75, 3.05) is 0 Å². The molecule has 0 N–H and O–H groups in total. The quantitative estimate of drug-likeness (QED) is 0.545. The maximum Gasteiger partial charge on any atom is 0.287 e. The Hall–Kier alpha value is -1.70. The van der Waals surface area contributed by atoms with Crippen molar-refractivity contribution in [1.29, 1.82) is 0 Å². The fraction of sp³-hybridized carbons (Fsp3) is 0.643. The molecule has 2 heteroatoms. The lowest BCUT2D eigenvalue weighted by atomic mass is 9.61. The summed E-state index contributed by atoms with van der Waals surface area (Å²) < 4.78 is 2.54. The second-order valence-corrected chi connectivity index (χ2v) is 11.2. The SMILES string of the molecule is CCC1(C)c2ccccc2-c2cc(C3CC4CC3C3CCCC43)nc[n+]2C1(C)CC. The highest BCUT2D eigenvalue weighted by atomic mass is 15.1. The highest BCUT2D eigenvalue weighted by Gasteiger charge is 2.57. The minimum atomic E-state index is 0.0438. The molecule has 0 saturated heterocycles. The van der Waals surface area contributed by atoms with Crippen LogP contribution in [0.15, 0.2) is 36.7 Å². The third-order valence-corrected chi connectivity index (χ3v) is 10.6. The zero-order valence-corrected chi connectivity index (χ0v) is 19.2. The fourth-order valence-electron chi connectivity index (χ4n) is 8.52. The summed E-state index contributed by atoms with van der Waals surface area (Å²) in [6, 6.07) is 11.7. The van der Waals surface area contributed by atoms with E-state index >= 15 is 0 Å². The number of hydrogen-bond donors (Lipinski definition) is 0. The molecule has 6 rings (SSSR count). The van der Waals surface area contributed by atoms with Crippen molar-refractivity contribution in [3.63, 3.8) is 0 Å². The molecule has 3 saturated carbocycles. The Balaban J connectivity index is 1.48. The van der Waals surface area contributed by atoms with E-state index < -0.39 is 0 Å². The predicted octanol–water partition coefficient (Wildman–Crippen LogP) is 6.38. The normalized spacial score (nSPS) is 40.9. The standard InChI is InChI=1S/C28H37N2/c1-5-27(3)24-13-8-7-10-21(24)26-16-25(29-17-30(26)28(27,4)6-2)23-15-18-14-22(23)20-12-9-11-19(18)20/h7-8,10,13,16-20,22-23H,5-6,9,11-12,14-15H2,1-4H3/q+1. The summed E-state index contributed by atoms with van der Waals surface area (Å²) in [4.78, 5) is 5.19. The van der Waals surface area contributed by atoms with Crippen LogP contribution in [-0.4, -0.2) is 4.98 Å². The minimum absolute atomic E-state index is 0.0438. The molecule has 1 aromatic heterocycles. The van der Waals surface area contributed by atoms with Gasteiger partial charge in [0, 0.05) is 23.0 Å². The summed E-state index contributed by atoms with van der Waals surface area (Å²) in [5.41, 5.74) is 5.89. The number of rotatable bonds is 3. The lowest BCUT2D eigenvalue weighted by molar-refractivity contribution is -0.767. The Morgan fingerprint density at radius 1 is 1.00 bits per heavy atom. The van der Waals surface area contributed by atoms with E-state index in [1.165, 1.54) is 54.6 Å². The van der Waals surface area contributed by atoms with E-state index in [9.17, 15) is 0 Å². The van der Waals surface area contributed by atoms with Gasteiger partial charge in [0.05, 0.1) is 0 Å². The lowest BCUT2D eigenvalue weighted by Crippen LogP contribution is -2.67. The van der Waals surface area contributed by atoms with Crippen LogP contribution in [-0.2, 0) is 11.0 Å². The van der Waals surface area contributed by atoms with E-state index in [0.717, 1.165) is 36.5 Å². The molecule has 0 spiro atoms. The van der Waals surface area contributed by atoms with Crippen LogP contribution in [0.25, 0.3) is 11.3 Å². The Morgan fingerprint density at radius 3 is 2.60 bits per heavy atom. The summed E-state index contributed by atoms with van der Waals surface area (Å²) in [6.07, 6.45) is 11.8. The largest absolute Gasteiger partial charge is 0.287 e. The molecule has 1 aromatic carbocycles. The van der Waals surface area contributed by atoms with Crippen LogP contribution in [0.1, 0.15) is 89.8 Å². The van der Waals surface area contributed by atoms with Gasteiger partial charge in [-0.1, -0.05) is 56.4 Å². The van der Waals surface area contributed by atoms with Crippen LogP contribution in [0.4, 0.5) is 0 Å². The number of fused-ring (bicyclic) bond motifs is 8. The van der Waals surface area contributed by atoms with Gasteiger partial charge in [-0.3, -0.25) is 0 Å². The van der Waals surface area contributed by atoms with Crippen molar-refractivity contribution < 1.29 is 4.57 Å². The van der Waals surface area contributed by atoms with Crippen molar-refractivity contribution in [2.45, 2.75) is 89.5 Å². The topological polar surface area (TPSA) is 16.8 Å². The lowest BCUT2D eigenvalue weighted by Gasteiger charge is -2.48. The van der Waals surface area contributed by atoms with Gasteiger partial charge in [-0.05, 0) is 74.7 Å². The first-order chi connectivity index (χ1) is 14.5. The zero-order chi connectivity index (χ0) is 20.7. The molecule has 30 heavy (non-hydrogen) atoms. The van der Waals surface area contributed by atoms with E-state index in [4.69, 9.17) is 4.98 Å². The van der Waals surface area contributed by atoms with Crippen molar-refractivity contribution in [1.82, 2.24) is 4.98 Å². The third-order valence-electron chi connectivity index (χ3n) is 10.6. The second kappa shape index (κ2) is 6.40. The number of aromatic nitrogens is 2. The van der Waals surface area contributed by atoms with Gasteiger partial charge in [0.1, 0.15) is 11.2 Å². The Labute approximate surface area is 182 Å². The van der Waals surface area contributed by atoms with Crippen LogP contribution in [0.2, 0.25) is 0 Å². The van der Waals surface area contributed by atoms with E-state index in [0.29, 0.717) is 5.92 Å². The Morgan fingerprint density at radius 2 is 1.80 bits per heavy atom. The minimum Gasteiger partial charge on any atom is -0.224 e. The van der Waals surface area contributed by atoms with Crippen molar-refractivity contribution in [3.8, 4) is 11.3 Å². The molecule has 1 aliphatic heterocycles. The van der Waals surface area contributed by atoms with Gasteiger partial charge in [-0.15, -0.1) is 0 Å². The molecule has 2 heterocycles. The highest BCUT2D eigenvalue weighted by Crippen LogP contribution is 2.63. The van der Waals surface area contributed by atoms with Gasteiger partial charge >= 0.3 is 0 Å². The molecule has 158 valence electrons. The van der Waals surface area contributed by atoms with Crippen LogP contribution in [0.5, 0.6) is 0 Å². The molecule has 2 nitrogen and oxygen atoms in total. The molecule has 0 radical (unpaired) electrons. The molecule has 4 aliphatic rings. The van der Waals surface area contributed by atoms with Crippen molar-refractivity contribution in [2.24, 2.45) is 23.7 Å². The maximum absolute atomic E-state index is 5.19. The van der Waals surface area contributed by atoms with Crippen LogP contribution in [0, 0.1) is 23.7 Å². The van der Waals surface area contributed by atoms with Crippen LogP contribution >= 0.6 is 0 Å². The van der Waals surface area contributed by atoms with Gasteiger partial charge in [0.15, 0.2) is 5.69 Å². The molecular weight excluding hydrogens is 364 g/mol. The smallest absolute Gasteiger partial charge is 0.224 e. The van der Waals surface area contributed by atoms with Gasteiger partial charge in [-0.2, -0.15) is 0 Å². The van der Waals surface area contributed by atoms with E-state index in [-0.39, 0.29) is 11.0 Å². The molecule has 3 fully saturated rings. The molecule has 2 aromatic rings. The molecule has 2 bridgehead atoms. The summed E-state index contributed by atoms with van der Waals surface area (Å²) >= 11 is 0. The molecule has 7 unspecified atom stereocenters. The summed E-state index contributed by atoms with van der Waals surface area (Å²) in [6.45, 7) is 9.63. The van der Waals surface area contributed by atoms with Crippen LogP contribution in [0.3, 0.4) is 0 Å². The van der Waals surface area contributed by atoms with E-state index in [2.05, 4.69) is 68.9 Å². The van der Waals surface area contributed by atoms with Crippen molar-refractivity contribution >= 4 is 0 Å². The molecule has 7 atom stereocenters. The Kier molecular flexibility index (Phi) is 4.06. The monoisotopic (exact) mass is 401 g/mol. The molecule has 3 aliphatic carbocycles. The first kappa shape index (κ1) is 19.0. The average Bonchev–Trinajstić information content (AvgIpc) is 3.51. The van der Waals surface area contributed by atoms with Gasteiger partial charge < -0.3 is 0 Å². The molecule has 0 amide bonds. The predicted molar refractivity (Wildman–Crippen MR) is 121 cm³/mol. The van der Waals surface area contributed by atoms with E-state index in [1.807, 2.05) is 0 Å². The second-order valence-electron chi connectivity index (χ2n) is 11.2. The van der Waals surface area contributed by atoms with E-state index in [1.54, 1.807) is 0 Å². The summed E-state index contributed by atoms with van der Waals surface area (Å²) in [7, 11) is 0. The zero-order valence-electron chi connectivity index (χ0n) is 19.2. The number of benzene rings is 1. The molecular formula is C28H37N2+. The van der Waals surface area contributed by atoms with Gasteiger partial charge in [0.2, 0.25) is 0 Å². The summed E-state index contributed by atoms with van der Waals surface area (Å²) in [5.74, 6) is 4.62. The third kappa shape index (κ3) is 2.21. The first-order valence-electron chi connectivity index (χ1n) is 12.5. The highest BCUT2D eigenvalue weighted by molar-refractivity contribution is 5.65. The number of hydrogen-bond acceptors (Lipinski definition) is 1. The van der Waals surface area contributed by atoms with Gasteiger partial charge in [0.25, 0.3) is 6.33 Å². The van der Waals surface area contributed by atoms with Gasteiger partial charge in [-0.25, -0.2) is 4.57 Å². The summed E-state index contributed by atoms with van der Waals surface area (Å²) in [5, 5.41) is 0. The average molecular weight is 402 g/mol. The number of nitrogens with zero attached hydrogens (tertiary/aromatic N) is 2. The first-order valence-corrected chi connectivity index (χ1v) is 12.5. The Bertz CT molecular complexity index is 996. The fourth-order valence-corrected chi connectivity index (χ4v) is 8.52. The van der Waals surface area contributed by atoms with Crippen molar-refractivity contribution in [3.05, 3.63) is 47.9 Å². The van der Waals surface area contributed by atoms with Crippen LogP contribution < -0.4 is 4.57 Å².